The van der Waals surface area contributed by atoms with E-state index in [2.05, 4.69) is 20.8 Å². The molecule has 1 fully saturated rings. The van der Waals surface area contributed by atoms with Crippen LogP contribution in [-0.4, -0.2) is 23.9 Å². The summed E-state index contributed by atoms with van der Waals surface area (Å²) in [6.07, 6.45) is 1.90. The van der Waals surface area contributed by atoms with Crippen molar-refractivity contribution in [2.45, 2.75) is 33.6 Å². The van der Waals surface area contributed by atoms with E-state index in [9.17, 15) is 4.79 Å². The lowest BCUT2D eigenvalue weighted by atomic mass is 10.1. The number of likely N-dealkylation sites (tertiary alicyclic amines) is 1. The van der Waals surface area contributed by atoms with Gasteiger partial charge in [0.25, 0.3) is 0 Å². The highest BCUT2D eigenvalue weighted by molar-refractivity contribution is 5.76. The molecule has 1 unspecified atom stereocenters. The molecule has 0 bridgehead atoms. The molecule has 1 atom stereocenters. The lowest BCUT2D eigenvalue weighted by Gasteiger charge is -2.16. The first kappa shape index (κ1) is 9.56. The first-order chi connectivity index (χ1) is 5.59. The van der Waals surface area contributed by atoms with E-state index >= 15 is 0 Å². The number of nitrogens with zero attached hydrogens (tertiary/aromatic N) is 1. The van der Waals surface area contributed by atoms with Crippen molar-refractivity contribution < 1.29 is 4.79 Å². The van der Waals surface area contributed by atoms with Gasteiger partial charge in [0.15, 0.2) is 0 Å². The molecule has 12 heavy (non-hydrogen) atoms. The van der Waals surface area contributed by atoms with E-state index in [0.717, 1.165) is 13.1 Å². The predicted octanol–water partition coefficient (Wildman–Crippen LogP) is 1.90. The van der Waals surface area contributed by atoms with Gasteiger partial charge in [0.2, 0.25) is 5.91 Å². The van der Waals surface area contributed by atoms with Gasteiger partial charge in [0.1, 0.15) is 0 Å². The van der Waals surface area contributed by atoms with Crippen LogP contribution in [0.25, 0.3) is 0 Å². The topological polar surface area (TPSA) is 20.3 Å². The second-order valence-electron chi connectivity index (χ2n) is 4.33. The molecule has 1 rings (SSSR count). The Morgan fingerprint density at radius 3 is 2.67 bits per heavy atom. The van der Waals surface area contributed by atoms with E-state index in [1.807, 2.05) is 4.90 Å². The highest BCUT2D eigenvalue weighted by Gasteiger charge is 2.22. The van der Waals surface area contributed by atoms with Gasteiger partial charge in [-0.2, -0.15) is 0 Å². The fraction of sp³-hybridized carbons (Fsp3) is 0.900. The van der Waals surface area contributed by atoms with E-state index in [1.54, 1.807) is 0 Å². The molecular formula is C10H19NO. The smallest absolute Gasteiger partial charge is 0.222 e. The zero-order valence-electron chi connectivity index (χ0n) is 8.34. The van der Waals surface area contributed by atoms with Gasteiger partial charge < -0.3 is 4.90 Å². The van der Waals surface area contributed by atoms with Gasteiger partial charge in [0, 0.05) is 19.5 Å². The number of rotatable bonds is 2. The highest BCUT2D eigenvalue weighted by atomic mass is 16.2. The average molecular weight is 169 g/mol. The molecule has 1 amide bonds. The van der Waals surface area contributed by atoms with Crippen LogP contribution < -0.4 is 0 Å². The first-order valence-electron chi connectivity index (χ1n) is 4.87. The molecule has 0 aliphatic carbocycles. The molecule has 1 aliphatic rings. The summed E-state index contributed by atoms with van der Waals surface area (Å²) >= 11 is 0. The number of hydrogen-bond acceptors (Lipinski definition) is 1. The summed E-state index contributed by atoms with van der Waals surface area (Å²) in [5.41, 5.74) is 0. The largest absolute Gasteiger partial charge is 0.342 e. The van der Waals surface area contributed by atoms with Crippen LogP contribution >= 0.6 is 0 Å². The van der Waals surface area contributed by atoms with E-state index in [0.29, 0.717) is 24.2 Å². The summed E-state index contributed by atoms with van der Waals surface area (Å²) in [7, 11) is 0. The van der Waals surface area contributed by atoms with Crippen LogP contribution in [0.2, 0.25) is 0 Å². The van der Waals surface area contributed by atoms with Crippen LogP contribution in [0, 0.1) is 11.8 Å². The molecular weight excluding hydrogens is 150 g/mol. The monoisotopic (exact) mass is 169 g/mol. The average Bonchev–Trinajstić information content (AvgIpc) is 2.34. The van der Waals surface area contributed by atoms with Gasteiger partial charge in [0.05, 0.1) is 0 Å². The molecule has 0 spiro atoms. The number of hydrogen-bond donors (Lipinski definition) is 0. The Morgan fingerprint density at radius 1 is 1.58 bits per heavy atom. The molecule has 0 N–H and O–H groups in total. The SMILES string of the molecule is CC(C)CC(=O)N1CCC(C)C1. The highest BCUT2D eigenvalue weighted by Crippen LogP contribution is 2.17. The Bertz CT molecular complexity index is 165. The van der Waals surface area contributed by atoms with Crippen molar-refractivity contribution in [3.05, 3.63) is 0 Å². The maximum absolute atomic E-state index is 11.5. The summed E-state index contributed by atoms with van der Waals surface area (Å²) in [6, 6.07) is 0. The van der Waals surface area contributed by atoms with Gasteiger partial charge in [-0.25, -0.2) is 0 Å². The molecule has 70 valence electrons. The number of carbonyl (C=O) groups is 1. The number of amides is 1. The Labute approximate surface area is 74.9 Å². The summed E-state index contributed by atoms with van der Waals surface area (Å²) in [5, 5.41) is 0. The van der Waals surface area contributed by atoms with Crippen molar-refractivity contribution in [1.29, 1.82) is 0 Å². The van der Waals surface area contributed by atoms with Gasteiger partial charge in [-0.05, 0) is 18.3 Å². The summed E-state index contributed by atoms with van der Waals surface area (Å²) in [6.45, 7) is 8.36. The van der Waals surface area contributed by atoms with Crippen LogP contribution in [0.1, 0.15) is 33.6 Å². The predicted molar refractivity (Wildman–Crippen MR) is 49.8 cm³/mol. The molecule has 1 aliphatic heterocycles. The minimum atomic E-state index is 0.342. The van der Waals surface area contributed by atoms with Gasteiger partial charge in [-0.15, -0.1) is 0 Å². The Kier molecular flexibility index (Phi) is 3.12. The van der Waals surface area contributed by atoms with Crippen LogP contribution in [-0.2, 0) is 4.79 Å². The lowest BCUT2D eigenvalue weighted by molar-refractivity contribution is -0.131. The molecule has 0 radical (unpaired) electrons. The fourth-order valence-corrected chi connectivity index (χ4v) is 1.64. The molecule has 1 saturated heterocycles. The van der Waals surface area contributed by atoms with Crippen molar-refractivity contribution in [3.63, 3.8) is 0 Å². The third-order valence-corrected chi connectivity index (χ3v) is 2.36. The first-order valence-corrected chi connectivity index (χ1v) is 4.87. The van der Waals surface area contributed by atoms with Crippen molar-refractivity contribution in [1.82, 2.24) is 4.90 Å². The fourth-order valence-electron chi connectivity index (χ4n) is 1.64. The van der Waals surface area contributed by atoms with Crippen molar-refractivity contribution >= 4 is 5.91 Å². The van der Waals surface area contributed by atoms with E-state index < -0.39 is 0 Å². The second kappa shape index (κ2) is 3.92. The normalized spacial score (nSPS) is 23.7. The third kappa shape index (κ3) is 2.50. The standard InChI is InChI=1S/C10H19NO/c1-8(2)6-10(12)11-5-4-9(3)7-11/h8-9H,4-7H2,1-3H3. The molecule has 2 nitrogen and oxygen atoms in total. The van der Waals surface area contributed by atoms with Gasteiger partial charge in [-0.1, -0.05) is 20.8 Å². The maximum atomic E-state index is 11.5. The van der Waals surface area contributed by atoms with Crippen molar-refractivity contribution in [2.75, 3.05) is 13.1 Å². The molecule has 2 heteroatoms. The second-order valence-corrected chi connectivity index (χ2v) is 4.33. The zero-order chi connectivity index (χ0) is 9.14. The molecule has 0 aromatic rings. The van der Waals surface area contributed by atoms with Crippen LogP contribution in [0.3, 0.4) is 0 Å². The van der Waals surface area contributed by atoms with Crippen LogP contribution in [0.15, 0.2) is 0 Å². The van der Waals surface area contributed by atoms with Gasteiger partial charge in [-0.3, -0.25) is 4.79 Å². The minimum Gasteiger partial charge on any atom is -0.342 e. The number of carbonyl (C=O) groups excluding carboxylic acids is 1. The Morgan fingerprint density at radius 2 is 2.25 bits per heavy atom. The maximum Gasteiger partial charge on any atom is 0.222 e. The minimum absolute atomic E-state index is 0.342. The van der Waals surface area contributed by atoms with Crippen LogP contribution in [0.5, 0.6) is 0 Å². The van der Waals surface area contributed by atoms with E-state index in [4.69, 9.17) is 0 Å². The van der Waals surface area contributed by atoms with Crippen molar-refractivity contribution in [3.8, 4) is 0 Å². The quantitative estimate of drug-likeness (QED) is 0.618. The van der Waals surface area contributed by atoms with Crippen LogP contribution in [0.4, 0.5) is 0 Å². The summed E-state index contributed by atoms with van der Waals surface area (Å²) < 4.78 is 0. The lowest BCUT2D eigenvalue weighted by Crippen LogP contribution is -2.29. The van der Waals surface area contributed by atoms with Gasteiger partial charge >= 0.3 is 0 Å². The zero-order valence-corrected chi connectivity index (χ0v) is 8.34. The third-order valence-electron chi connectivity index (χ3n) is 2.36. The Balaban J connectivity index is 2.33. The van der Waals surface area contributed by atoms with Crippen molar-refractivity contribution in [2.24, 2.45) is 11.8 Å². The molecule has 0 saturated carbocycles. The molecule has 0 aromatic carbocycles. The molecule has 0 aromatic heterocycles. The summed E-state index contributed by atoms with van der Waals surface area (Å²) in [5.74, 6) is 1.55. The van der Waals surface area contributed by atoms with E-state index in [-0.39, 0.29) is 0 Å². The molecule has 1 heterocycles. The summed E-state index contributed by atoms with van der Waals surface area (Å²) in [4.78, 5) is 13.5. The van der Waals surface area contributed by atoms with E-state index in [1.165, 1.54) is 6.42 Å². The Hall–Kier alpha value is -0.530.